The van der Waals surface area contributed by atoms with Gasteiger partial charge in [0.1, 0.15) is 0 Å². The Bertz CT molecular complexity index is 3220. The minimum Gasteiger partial charge on any atom is -0.309 e. The van der Waals surface area contributed by atoms with Crippen molar-refractivity contribution in [1.82, 2.24) is 19.5 Å². The lowest BCUT2D eigenvalue weighted by Gasteiger charge is -2.22. The third kappa shape index (κ3) is 4.60. The lowest BCUT2D eigenvalue weighted by molar-refractivity contribution is 0.667. The summed E-state index contributed by atoms with van der Waals surface area (Å²) in [5.74, 6) is 1.74. The molecule has 10 aromatic rings. The molecule has 1 aliphatic carbocycles. The maximum Gasteiger partial charge on any atom is 0.164 e. The Labute approximate surface area is 321 Å². The fraction of sp³-hybridized carbons (Fsp3) is 0.0612. The van der Waals surface area contributed by atoms with E-state index in [2.05, 4.69) is 122 Å². The minimum absolute atomic E-state index is 0.174. The zero-order valence-corrected chi connectivity index (χ0v) is 30.9. The van der Waals surface area contributed by atoms with Crippen molar-refractivity contribution in [3.8, 4) is 57.0 Å². The number of thiophene rings is 1. The molecule has 6 heteroatoms. The van der Waals surface area contributed by atoms with Crippen molar-refractivity contribution in [1.29, 1.82) is 5.26 Å². The Morgan fingerprint density at radius 2 is 1.16 bits per heavy atom. The summed E-state index contributed by atoms with van der Waals surface area (Å²) in [6, 6.07) is 54.9. The number of hydrogen-bond donors (Lipinski definition) is 0. The number of nitrogens with zero attached hydrogens (tertiary/aromatic N) is 5. The third-order valence-electron chi connectivity index (χ3n) is 11.3. The molecule has 0 atom stereocenters. The molecule has 5 nitrogen and oxygen atoms in total. The molecule has 0 saturated carbocycles. The molecule has 0 spiro atoms. The molecule has 11 rings (SSSR count). The van der Waals surface area contributed by atoms with Gasteiger partial charge in [-0.2, -0.15) is 5.26 Å². The van der Waals surface area contributed by atoms with E-state index in [0.29, 0.717) is 23.0 Å². The summed E-state index contributed by atoms with van der Waals surface area (Å²) in [6.45, 7) is 4.78. The second-order valence-electron chi connectivity index (χ2n) is 14.7. The maximum absolute atomic E-state index is 9.39. The van der Waals surface area contributed by atoms with Crippen LogP contribution in [0.15, 0.2) is 152 Å². The zero-order chi connectivity index (χ0) is 36.8. The average Bonchev–Trinajstić information content (AvgIpc) is 3.87. The second kappa shape index (κ2) is 11.8. The molecule has 1 aliphatic rings. The molecule has 0 radical (unpaired) electrons. The molecule has 55 heavy (non-hydrogen) atoms. The quantitative estimate of drug-likeness (QED) is 0.181. The number of benzene rings is 7. The molecule has 3 heterocycles. The highest BCUT2D eigenvalue weighted by Crippen LogP contribution is 2.58. The van der Waals surface area contributed by atoms with E-state index in [4.69, 9.17) is 15.0 Å². The van der Waals surface area contributed by atoms with Gasteiger partial charge in [-0.3, -0.25) is 0 Å². The summed E-state index contributed by atoms with van der Waals surface area (Å²) in [5.41, 5.74) is 11.9. The smallest absolute Gasteiger partial charge is 0.164 e. The van der Waals surface area contributed by atoms with E-state index >= 15 is 0 Å². The Kier molecular flexibility index (Phi) is 6.76. The minimum atomic E-state index is -0.174. The molecular formula is C49H31N5S. The van der Waals surface area contributed by atoms with Crippen LogP contribution in [0.4, 0.5) is 0 Å². The van der Waals surface area contributed by atoms with Gasteiger partial charge < -0.3 is 4.57 Å². The van der Waals surface area contributed by atoms with Crippen molar-refractivity contribution in [3.05, 3.63) is 168 Å². The van der Waals surface area contributed by atoms with Gasteiger partial charge in [0.2, 0.25) is 0 Å². The van der Waals surface area contributed by atoms with Crippen molar-refractivity contribution in [2.45, 2.75) is 19.3 Å². The largest absolute Gasteiger partial charge is 0.309 e. The van der Waals surface area contributed by atoms with E-state index in [-0.39, 0.29) is 5.41 Å². The van der Waals surface area contributed by atoms with E-state index in [1.54, 1.807) is 12.1 Å². The molecule has 0 N–H and O–H groups in total. The average molecular weight is 722 g/mol. The van der Waals surface area contributed by atoms with Crippen molar-refractivity contribution < 1.29 is 0 Å². The summed E-state index contributed by atoms with van der Waals surface area (Å²) >= 11 is 1.93. The molecule has 0 aliphatic heterocycles. The van der Waals surface area contributed by atoms with Crippen LogP contribution in [0.25, 0.3) is 93.0 Å². The van der Waals surface area contributed by atoms with Gasteiger partial charge in [0.15, 0.2) is 17.5 Å². The predicted octanol–water partition coefficient (Wildman–Crippen LogP) is 12.5. The fourth-order valence-electron chi connectivity index (χ4n) is 8.74. The number of rotatable bonds is 4. The van der Waals surface area contributed by atoms with Crippen molar-refractivity contribution in [2.24, 2.45) is 0 Å². The van der Waals surface area contributed by atoms with Crippen LogP contribution >= 0.6 is 11.3 Å². The third-order valence-corrected chi connectivity index (χ3v) is 12.4. The summed E-state index contributed by atoms with van der Waals surface area (Å²) in [5, 5.41) is 14.6. The first-order valence-corrected chi connectivity index (χ1v) is 19.2. The molecule has 0 fully saturated rings. The normalized spacial score (nSPS) is 13.0. The highest BCUT2D eigenvalue weighted by Gasteiger charge is 2.40. The molecule has 258 valence electrons. The van der Waals surface area contributed by atoms with E-state index in [1.807, 2.05) is 53.8 Å². The first-order chi connectivity index (χ1) is 27.0. The van der Waals surface area contributed by atoms with Crippen LogP contribution in [0.5, 0.6) is 0 Å². The van der Waals surface area contributed by atoms with Crippen LogP contribution in [0.1, 0.15) is 30.5 Å². The van der Waals surface area contributed by atoms with Crippen LogP contribution in [0.2, 0.25) is 0 Å². The summed E-state index contributed by atoms with van der Waals surface area (Å²) in [6.07, 6.45) is 0. The van der Waals surface area contributed by atoms with E-state index < -0.39 is 0 Å². The molecule has 0 unspecified atom stereocenters. The van der Waals surface area contributed by atoms with E-state index in [0.717, 1.165) is 22.4 Å². The lowest BCUT2D eigenvalue weighted by Crippen LogP contribution is -2.15. The van der Waals surface area contributed by atoms with Crippen LogP contribution in [-0.4, -0.2) is 19.5 Å². The molecule has 0 amide bonds. The van der Waals surface area contributed by atoms with Crippen molar-refractivity contribution >= 4 is 53.3 Å². The second-order valence-corrected chi connectivity index (χ2v) is 15.8. The van der Waals surface area contributed by atoms with Gasteiger partial charge >= 0.3 is 0 Å². The van der Waals surface area contributed by atoms with E-state index in [1.165, 1.54) is 64.2 Å². The Hall–Kier alpha value is -6.94. The Morgan fingerprint density at radius 3 is 1.87 bits per heavy atom. The standard InChI is InChI=1S/C49H31N5S/c1-49(2)37-17-9-6-14-34(37)42-43(49)45-41(36-16-8-11-19-39(36)55-45)40-35-15-7-10-18-38(35)54(44(40)42)33-26-24-32(25-27-33)48-52-46(30-12-4-3-5-13-30)51-47(53-48)31-22-20-29(28-50)21-23-31/h3-27H,1-2H3. The van der Waals surface area contributed by atoms with Gasteiger partial charge in [-0.05, 0) is 77.4 Å². The van der Waals surface area contributed by atoms with Crippen molar-refractivity contribution in [2.75, 3.05) is 0 Å². The van der Waals surface area contributed by atoms with Gasteiger partial charge in [0.05, 0.1) is 22.7 Å². The zero-order valence-electron chi connectivity index (χ0n) is 30.1. The maximum atomic E-state index is 9.39. The first-order valence-electron chi connectivity index (χ1n) is 18.4. The summed E-state index contributed by atoms with van der Waals surface area (Å²) in [4.78, 5) is 14.9. The highest BCUT2D eigenvalue weighted by atomic mass is 32.1. The monoisotopic (exact) mass is 721 g/mol. The molecule has 3 aromatic heterocycles. The molecule has 7 aromatic carbocycles. The predicted molar refractivity (Wildman–Crippen MR) is 226 cm³/mol. The van der Waals surface area contributed by atoms with Crippen LogP contribution in [0, 0.1) is 11.3 Å². The van der Waals surface area contributed by atoms with Gasteiger partial charge in [-0.1, -0.05) is 105 Å². The van der Waals surface area contributed by atoms with Crippen LogP contribution in [-0.2, 0) is 5.41 Å². The number of aromatic nitrogens is 4. The first kappa shape index (κ1) is 31.6. The SMILES string of the molecule is CC1(C)c2ccccc2-c2c1c1sc3ccccc3c1c1c3ccccc3n(-c3ccc(-c4nc(-c5ccccc5)nc(-c5ccc(C#N)cc5)n4)cc3)c21. The number of hydrogen-bond acceptors (Lipinski definition) is 5. The summed E-state index contributed by atoms with van der Waals surface area (Å²) < 4.78 is 5.17. The molecule has 0 bridgehead atoms. The van der Waals surface area contributed by atoms with Gasteiger partial charge in [0, 0.05) is 64.3 Å². The van der Waals surface area contributed by atoms with Gasteiger partial charge in [0.25, 0.3) is 0 Å². The van der Waals surface area contributed by atoms with Gasteiger partial charge in [-0.25, -0.2) is 15.0 Å². The number of nitriles is 1. The van der Waals surface area contributed by atoms with Gasteiger partial charge in [-0.15, -0.1) is 11.3 Å². The van der Waals surface area contributed by atoms with E-state index in [9.17, 15) is 5.26 Å². The number of para-hydroxylation sites is 1. The highest BCUT2D eigenvalue weighted by molar-refractivity contribution is 7.26. The van der Waals surface area contributed by atoms with Crippen LogP contribution in [0.3, 0.4) is 0 Å². The van der Waals surface area contributed by atoms with Crippen LogP contribution < -0.4 is 0 Å². The number of fused-ring (bicyclic) bond motifs is 12. The summed E-state index contributed by atoms with van der Waals surface area (Å²) in [7, 11) is 0. The Morgan fingerprint density at radius 1 is 0.582 bits per heavy atom. The molecule has 0 saturated heterocycles. The topological polar surface area (TPSA) is 67.4 Å². The lowest BCUT2D eigenvalue weighted by atomic mass is 9.81. The fourth-order valence-corrected chi connectivity index (χ4v) is 10.2. The van der Waals surface area contributed by atoms with Crippen molar-refractivity contribution in [3.63, 3.8) is 0 Å². The Balaban J connectivity index is 1.17. The molecular weight excluding hydrogens is 691 g/mol.